The third-order valence-electron chi connectivity index (χ3n) is 10.4. The van der Waals surface area contributed by atoms with Gasteiger partial charge < -0.3 is 49.7 Å². The standard InChI is InChI=1S/C51H82O17P2/c1-3-5-7-9-11-12-13-14-15-16-17-18-19-24-27-31-35-39-45(54)66-43(41-65-70(62,63)68-51-48(57)46(55)47(56)50(49(51)58)67-69(59,60)61)40-64-44(53)38-34-30-26-23-21-20-22-25-29-33-37-42(52)36-32-28-10-8-6-4-2/h6,8,14-15,17-18,20-21,24-30,32-33,37,42-43,46-52,55-58H,3-5,7,9-13,16,19,22-23,31,34-36,38-41H2,1-2H3,(H,62,63)(H2,59,60,61)/b8-6-,15-14-,18-17-,21-20-,27-24-,29-25-,30-26-,32-28-,37-33+/t42?,43-,46?,47?,48?,49?,50-,51+/m1/s1. The lowest BCUT2D eigenvalue weighted by Crippen LogP contribution is -2.64. The molecule has 0 aromatic carbocycles. The van der Waals surface area contributed by atoms with Crippen molar-refractivity contribution >= 4 is 27.6 Å². The Morgan fingerprint density at radius 1 is 0.543 bits per heavy atom. The number of carbonyl (C=O) groups is 2. The first-order valence-corrected chi connectivity index (χ1v) is 27.6. The Labute approximate surface area is 415 Å². The van der Waals surface area contributed by atoms with E-state index in [0.29, 0.717) is 38.5 Å². The second-order valence-electron chi connectivity index (χ2n) is 16.6. The van der Waals surface area contributed by atoms with Gasteiger partial charge >= 0.3 is 27.6 Å². The maximum Gasteiger partial charge on any atom is 0.472 e. The molecule has 8 N–H and O–H groups in total. The van der Waals surface area contributed by atoms with Crippen LogP contribution in [0.1, 0.15) is 136 Å². The predicted octanol–water partition coefficient (Wildman–Crippen LogP) is 8.70. The highest BCUT2D eigenvalue weighted by Crippen LogP contribution is 2.49. The van der Waals surface area contributed by atoms with E-state index < -0.39 is 89.6 Å². The molecule has 0 aliphatic heterocycles. The lowest BCUT2D eigenvalue weighted by Gasteiger charge is -2.43. The highest BCUT2D eigenvalue weighted by atomic mass is 31.2. The van der Waals surface area contributed by atoms with Crippen molar-refractivity contribution in [1.29, 1.82) is 0 Å². The quantitative estimate of drug-likeness (QED) is 0.00940. The Morgan fingerprint density at radius 2 is 1.07 bits per heavy atom. The molecule has 1 aliphatic rings. The third-order valence-corrected chi connectivity index (χ3v) is 11.9. The van der Waals surface area contributed by atoms with Crippen LogP contribution in [0.5, 0.6) is 0 Å². The number of aliphatic hydroxyl groups excluding tert-OH is 5. The van der Waals surface area contributed by atoms with Crippen LogP contribution in [0.25, 0.3) is 0 Å². The van der Waals surface area contributed by atoms with E-state index in [4.69, 9.17) is 18.5 Å². The number of phosphoric acid groups is 2. The van der Waals surface area contributed by atoms with Crippen LogP contribution in [0.2, 0.25) is 0 Å². The molecule has 6 unspecified atom stereocenters. The first kappa shape index (κ1) is 64.6. The van der Waals surface area contributed by atoms with Crippen LogP contribution in [-0.4, -0.2) is 114 Å². The minimum Gasteiger partial charge on any atom is -0.462 e. The van der Waals surface area contributed by atoms with Crippen LogP contribution in [0, 0.1) is 0 Å². The van der Waals surface area contributed by atoms with Gasteiger partial charge in [0.25, 0.3) is 0 Å². The maximum atomic E-state index is 13.0. The summed E-state index contributed by atoms with van der Waals surface area (Å²) >= 11 is 0. The summed E-state index contributed by atoms with van der Waals surface area (Å²) in [5.74, 6) is -1.41. The fraction of sp³-hybridized carbons (Fsp3) is 0.608. The van der Waals surface area contributed by atoms with E-state index in [0.717, 1.165) is 32.1 Å². The average molecular weight is 1030 g/mol. The first-order valence-electron chi connectivity index (χ1n) is 24.5. The lowest BCUT2D eigenvalue weighted by molar-refractivity contribution is -0.216. The van der Waals surface area contributed by atoms with Crippen molar-refractivity contribution in [3.63, 3.8) is 0 Å². The van der Waals surface area contributed by atoms with E-state index in [1.54, 1.807) is 12.2 Å². The number of phosphoric ester groups is 2. The summed E-state index contributed by atoms with van der Waals surface area (Å²) in [4.78, 5) is 54.3. The summed E-state index contributed by atoms with van der Waals surface area (Å²) in [6, 6.07) is 0. The van der Waals surface area contributed by atoms with Crippen LogP contribution < -0.4 is 0 Å². The molecule has 398 valence electrons. The number of ether oxygens (including phenoxy) is 2. The van der Waals surface area contributed by atoms with Crippen molar-refractivity contribution in [2.45, 2.75) is 185 Å². The zero-order valence-electron chi connectivity index (χ0n) is 41.0. The number of hydrogen-bond acceptors (Lipinski definition) is 14. The molecule has 0 heterocycles. The fourth-order valence-electron chi connectivity index (χ4n) is 6.62. The summed E-state index contributed by atoms with van der Waals surface area (Å²) in [7, 11) is -10.7. The highest BCUT2D eigenvalue weighted by molar-refractivity contribution is 7.47. The molecule has 1 fully saturated rings. The van der Waals surface area contributed by atoms with E-state index in [1.165, 1.54) is 38.5 Å². The number of aliphatic hydroxyl groups is 5. The number of allylic oxidation sites excluding steroid dienone is 16. The van der Waals surface area contributed by atoms with Gasteiger partial charge in [0.05, 0.1) is 12.7 Å². The topological polar surface area (TPSA) is 276 Å². The smallest absolute Gasteiger partial charge is 0.462 e. The number of esters is 2. The van der Waals surface area contributed by atoms with Gasteiger partial charge in [-0.15, -0.1) is 0 Å². The van der Waals surface area contributed by atoms with Gasteiger partial charge in [0.1, 0.15) is 43.2 Å². The van der Waals surface area contributed by atoms with E-state index in [9.17, 15) is 58.9 Å². The second-order valence-corrected chi connectivity index (χ2v) is 19.2. The van der Waals surface area contributed by atoms with Crippen LogP contribution in [-0.2, 0) is 41.8 Å². The maximum absolute atomic E-state index is 13.0. The summed E-state index contributed by atoms with van der Waals surface area (Å²) in [5, 5.41) is 51.3. The highest BCUT2D eigenvalue weighted by Gasteiger charge is 2.54. The number of carbonyl (C=O) groups excluding carboxylic acids is 2. The van der Waals surface area contributed by atoms with Crippen molar-refractivity contribution < 1.29 is 82.0 Å². The van der Waals surface area contributed by atoms with Crippen molar-refractivity contribution in [1.82, 2.24) is 0 Å². The van der Waals surface area contributed by atoms with Crippen LogP contribution in [0.3, 0.4) is 0 Å². The Morgan fingerprint density at radius 3 is 1.69 bits per heavy atom. The number of hydrogen-bond donors (Lipinski definition) is 8. The summed E-state index contributed by atoms with van der Waals surface area (Å²) in [6.45, 7) is 2.81. The number of unbranched alkanes of at least 4 members (excludes halogenated alkanes) is 7. The second kappa shape index (κ2) is 40.1. The fourth-order valence-corrected chi connectivity index (χ4v) is 8.16. The largest absolute Gasteiger partial charge is 0.472 e. The Hall–Kier alpha value is -3.38. The van der Waals surface area contributed by atoms with Gasteiger partial charge in [0, 0.05) is 12.8 Å². The Kier molecular flexibility index (Phi) is 37.1. The van der Waals surface area contributed by atoms with Gasteiger partial charge in [0.2, 0.25) is 0 Å². The molecular formula is C51H82O17P2. The normalized spacial score (nSPS) is 22.4. The SMILES string of the molecule is CC/C=C\C/C=C\CC(O)/C=C/C=C\C/C=C\C/C=C\CCC(=O)OC[C@H](COP(=O)(O)O[C@H]1C(O)C(O)C(O)[C@@H](OP(=O)(O)O)C1O)OC(=O)CCC/C=C\C/C=C\C/C=C\CCCCCCCC. The van der Waals surface area contributed by atoms with Crippen molar-refractivity contribution in [3.8, 4) is 0 Å². The van der Waals surface area contributed by atoms with E-state index in [1.807, 2.05) is 60.8 Å². The third kappa shape index (κ3) is 34.1. The van der Waals surface area contributed by atoms with Crippen LogP contribution in [0.4, 0.5) is 0 Å². The molecule has 0 bridgehead atoms. The molecule has 0 radical (unpaired) electrons. The van der Waals surface area contributed by atoms with Crippen LogP contribution in [0.15, 0.2) is 109 Å². The van der Waals surface area contributed by atoms with Gasteiger partial charge in [-0.1, -0.05) is 155 Å². The van der Waals surface area contributed by atoms with E-state index in [-0.39, 0.29) is 12.8 Å². The van der Waals surface area contributed by atoms with Gasteiger partial charge in [-0.25, -0.2) is 9.13 Å². The molecular weight excluding hydrogens is 946 g/mol. The minimum absolute atomic E-state index is 0.0447. The molecule has 1 rings (SSSR count). The van der Waals surface area contributed by atoms with E-state index in [2.05, 4.69) is 54.8 Å². The number of rotatable bonds is 39. The molecule has 1 saturated carbocycles. The zero-order chi connectivity index (χ0) is 51.9. The molecule has 0 amide bonds. The molecule has 0 spiro atoms. The monoisotopic (exact) mass is 1030 g/mol. The molecule has 1 aliphatic carbocycles. The average Bonchev–Trinajstić information content (AvgIpc) is 3.31. The Bertz CT molecular complexity index is 1780. The van der Waals surface area contributed by atoms with Gasteiger partial charge in [0.15, 0.2) is 6.10 Å². The molecule has 0 saturated heterocycles. The molecule has 17 nitrogen and oxygen atoms in total. The molecule has 9 atom stereocenters. The first-order chi connectivity index (χ1) is 33.5. The van der Waals surface area contributed by atoms with Crippen molar-refractivity contribution in [2.24, 2.45) is 0 Å². The molecule has 0 aromatic rings. The van der Waals surface area contributed by atoms with Gasteiger partial charge in [-0.2, -0.15) is 0 Å². The van der Waals surface area contributed by atoms with Crippen LogP contribution >= 0.6 is 15.6 Å². The molecule has 0 aromatic heterocycles. The van der Waals surface area contributed by atoms with Crippen molar-refractivity contribution in [3.05, 3.63) is 109 Å². The predicted molar refractivity (Wildman–Crippen MR) is 270 cm³/mol. The van der Waals surface area contributed by atoms with Crippen molar-refractivity contribution in [2.75, 3.05) is 13.2 Å². The summed E-state index contributed by atoms with van der Waals surface area (Å²) in [5.41, 5.74) is 0. The minimum atomic E-state index is -5.39. The summed E-state index contributed by atoms with van der Waals surface area (Å²) in [6.07, 6.45) is 35.2. The lowest BCUT2D eigenvalue weighted by atomic mass is 9.85. The zero-order valence-corrected chi connectivity index (χ0v) is 42.8. The van der Waals surface area contributed by atoms with Gasteiger partial charge in [-0.05, 0) is 77.0 Å². The Balaban J connectivity index is 2.69. The summed E-state index contributed by atoms with van der Waals surface area (Å²) < 4.78 is 49.2. The van der Waals surface area contributed by atoms with Gasteiger partial charge in [-0.3, -0.25) is 23.2 Å². The van der Waals surface area contributed by atoms with E-state index >= 15 is 0 Å². The molecule has 19 heteroatoms. The molecule has 70 heavy (non-hydrogen) atoms.